The van der Waals surface area contributed by atoms with E-state index in [9.17, 15) is 4.79 Å². The van der Waals surface area contributed by atoms with Crippen LogP contribution in [0.1, 0.15) is 29.7 Å². The van der Waals surface area contributed by atoms with Gasteiger partial charge in [-0.15, -0.1) is 11.3 Å². The first-order chi connectivity index (χ1) is 17.0. The molecule has 3 aromatic rings. The number of nitrogens with zero attached hydrogens (tertiary/aromatic N) is 4. The third-order valence-electron chi connectivity index (χ3n) is 7.44. The van der Waals surface area contributed by atoms with Gasteiger partial charge in [-0.05, 0) is 61.3 Å². The van der Waals surface area contributed by atoms with E-state index in [1.165, 1.54) is 42.8 Å². The van der Waals surface area contributed by atoms with Crippen molar-refractivity contribution in [3.63, 3.8) is 0 Å². The Bertz CT molecular complexity index is 1300. The van der Waals surface area contributed by atoms with Gasteiger partial charge in [-0.3, -0.25) is 9.69 Å². The molecule has 2 atom stereocenters. The molecule has 6 rings (SSSR count). The number of anilines is 2. The van der Waals surface area contributed by atoms with Crippen LogP contribution >= 0.6 is 34.5 Å². The van der Waals surface area contributed by atoms with Crippen LogP contribution in [0.25, 0.3) is 10.2 Å². The molecule has 35 heavy (non-hydrogen) atoms. The number of fused-ring (bicyclic) bond motifs is 5. The summed E-state index contributed by atoms with van der Waals surface area (Å²) < 4.78 is 0. The maximum Gasteiger partial charge on any atom is 0.246 e. The number of amides is 1. The standard InChI is InChI=1S/C26H27Cl2N5OS/c27-20-6-5-18(11-21(20)28)31-25-24-19-7-9-33(14-22(19)35-26(24)30-15-29-25)23(34)2-1-8-32-12-16-3-4-17(10-16)13-32/h1-2,5-6,11,15-17H,3-4,7-10,12-14H2,(H,29,30,31). The van der Waals surface area contributed by atoms with Gasteiger partial charge in [-0.2, -0.15) is 0 Å². The summed E-state index contributed by atoms with van der Waals surface area (Å²) >= 11 is 13.9. The van der Waals surface area contributed by atoms with Gasteiger partial charge in [0, 0.05) is 42.8 Å². The second kappa shape index (κ2) is 9.69. The number of nitrogens with one attached hydrogen (secondary N) is 1. The molecule has 6 nitrogen and oxygen atoms in total. The number of rotatable bonds is 5. The Hall–Kier alpha value is -2.19. The molecule has 182 valence electrons. The molecule has 2 unspecified atom stereocenters. The number of piperidine rings is 1. The van der Waals surface area contributed by atoms with Crippen LogP contribution in [0.2, 0.25) is 10.0 Å². The first-order valence-electron chi connectivity index (χ1n) is 12.2. The van der Waals surface area contributed by atoms with E-state index >= 15 is 0 Å². The molecule has 2 fully saturated rings. The molecule has 1 aliphatic carbocycles. The molecular formula is C26H27Cl2N5OS. The van der Waals surface area contributed by atoms with Crippen molar-refractivity contribution in [2.24, 2.45) is 11.8 Å². The Labute approximate surface area is 218 Å². The van der Waals surface area contributed by atoms with Gasteiger partial charge in [-0.25, -0.2) is 9.97 Å². The third kappa shape index (κ3) is 4.79. The van der Waals surface area contributed by atoms with Gasteiger partial charge in [0.2, 0.25) is 5.91 Å². The predicted molar refractivity (Wildman–Crippen MR) is 143 cm³/mol. The highest BCUT2D eigenvalue weighted by Crippen LogP contribution is 2.39. The van der Waals surface area contributed by atoms with E-state index < -0.39 is 0 Å². The van der Waals surface area contributed by atoms with Crippen molar-refractivity contribution >= 4 is 62.2 Å². The maximum atomic E-state index is 12.9. The number of hydrogen-bond acceptors (Lipinski definition) is 6. The van der Waals surface area contributed by atoms with Crippen molar-refractivity contribution in [2.75, 3.05) is 31.5 Å². The smallest absolute Gasteiger partial charge is 0.246 e. The number of hydrogen-bond donors (Lipinski definition) is 1. The van der Waals surface area contributed by atoms with E-state index in [2.05, 4.69) is 26.3 Å². The molecule has 0 spiro atoms. The molecule has 9 heteroatoms. The lowest BCUT2D eigenvalue weighted by Crippen LogP contribution is -2.37. The minimum Gasteiger partial charge on any atom is -0.340 e. The molecule has 1 saturated heterocycles. The van der Waals surface area contributed by atoms with Gasteiger partial charge < -0.3 is 10.2 Å². The lowest BCUT2D eigenvalue weighted by molar-refractivity contribution is -0.126. The summed E-state index contributed by atoms with van der Waals surface area (Å²) in [5.74, 6) is 2.57. The van der Waals surface area contributed by atoms with Gasteiger partial charge in [-0.1, -0.05) is 29.3 Å². The van der Waals surface area contributed by atoms with Crippen LogP contribution < -0.4 is 5.32 Å². The Morgan fingerprint density at radius 1 is 1.17 bits per heavy atom. The van der Waals surface area contributed by atoms with Gasteiger partial charge in [0.15, 0.2) is 0 Å². The molecule has 2 aliphatic heterocycles. The van der Waals surface area contributed by atoms with Crippen LogP contribution in [0.3, 0.4) is 0 Å². The second-order valence-corrected chi connectivity index (χ2v) is 11.7. The molecule has 4 heterocycles. The van der Waals surface area contributed by atoms with E-state index in [1.807, 2.05) is 11.0 Å². The van der Waals surface area contributed by atoms with Gasteiger partial charge in [0.25, 0.3) is 0 Å². The Morgan fingerprint density at radius 2 is 2.00 bits per heavy atom. The molecule has 3 aliphatic rings. The zero-order chi connectivity index (χ0) is 23.9. The fourth-order valence-corrected chi connectivity index (χ4v) is 7.29. The summed E-state index contributed by atoms with van der Waals surface area (Å²) in [6.07, 6.45) is 10.3. The topological polar surface area (TPSA) is 61.4 Å². The summed E-state index contributed by atoms with van der Waals surface area (Å²) in [5, 5.41) is 5.40. The summed E-state index contributed by atoms with van der Waals surface area (Å²) in [7, 11) is 0. The zero-order valence-corrected chi connectivity index (χ0v) is 21.7. The molecule has 0 radical (unpaired) electrons. The van der Waals surface area contributed by atoms with Gasteiger partial charge in [0.05, 0.1) is 22.0 Å². The number of aromatic nitrogens is 2. The largest absolute Gasteiger partial charge is 0.340 e. The van der Waals surface area contributed by atoms with Crippen LogP contribution in [0.4, 0.5) is 11.5 Å². The first kappa shape index (κ1) is 23.2. The fourth-order valence-electron chi connectivity index (χ4n) is 5.79. The minimum absolute atomic E-state index is 0.0910. The monoisotopic (exact) mass is 527 g/mol. The molecule has 1 aromatic carbocycles. The number of likely N-dealkylation sites (tertiary alicyclic amines) is 1. The molecule has 1 saturated carbocycles. The highest BCUT2D eigenvalue weighted by Gasteiger charge is 2.32. The molecule has 2 bridgehead atoms. The van der Waals surface area contributed by atoms with Crippen LogP contribution in [-0.4, -0.2) is 51.9 Å². The average Bonchev–Trinajstić information content (AvgIpc) is 3.40. The lowest BCUT2D eigenvalue weighted by atomic mass is 9.99. The van der Waals surface area contributed by atoms with Crippen LogP contribution in [0.5, 0.6) is 0 Å². The summed E-state index contributed by atoms with van der Waals surface area (Å²) in [6.45, 7) is 4.55. The first-order valence-corrected chi connectivity index (χ1v) is 13.8. The number of benzene rings is 1. The van der Waals surface area contributed by atoms with Crippen molar-refractivity contribution in [1.82, 2.24) is 19.8 Å². The summed E-state index contributed by atoms with van der Waals surface area (Å²) in [6, 6.07) is 5.43. The van der Waals surface area contributed by atoms with Gasteiger partial charge >= 0.3 is 0 Å². The van der Waals surface area contributed by atoms with Crippen molar-refractivity contribution in [3.8, 4) is 0 Å². The van der Waals surface area contributed by atoms with Crippen molar-refractivity contribution in [2.45, 2.75) is 32.2 Å². The highest BCUT2D eigenvalue weighted by atomic mass is 35.5. The lowest BCUT2D eigenvalue weighted by Gasteiger charge is -2.30. The maximum absolute atomic E-state index is 12.9. The van der Waals surface area contributed by atoms with E-state index in [0.717, 1.165) is 46.5 Å². The van der Waals surface area contributed by atoms with Crippen molar-refractivity contribution in [3.05, 3.63) is 57.2 Å². The van der Waals surface area contributed by atoms with Crippen LogP contribution in [0, 0.1) is 11.8 Å². The third-order valence-corrected chi connectivity index (χ3v) is 9.30. The van der Waals surface area contributed by atoms with E-state index in [0.29, 0.717) is 23.1 Å². The van der Waals surface area contributed by atoms with E-state index in [-0.39, 0.29) is 5.91 Å². The SMILES string of the molecule is O=C(C=CCN1CC2CCC(C2)C1)N1CCc2c(sc3ncnc(Nc4ccc(Cl)c(Cl)c4)c23)C1. The Morgan fingerprint density at radius 3 is 2.80 bits per heavy atom. The van der Waals surface area contributed by atoms with Gasteiger partial charge in [0.1, 0.15) is 17.0 Å². The quantitative estimate of drug-likeness (QED) is 0.417. The van der Waals surface area contributed by atoms with E-state index in [4.69, 9.17) is 23.2 Å². The number of carbonyl (C=O) groups is 1. The summed E-state index contributed by atoms with van der Waals surface area (Å²) in [5.41, 5.74) is 2.05. The molecule has 1 N–H and O–H groups in total. The molecular weight excluding hydrogens is 501 g/mol. The Kier molecular flexibility index (Phi) is 6.43. The van der Waals surface area contributed by atoms with Crippen molar-refractivity contribution in [1.29, 1.82) is 0 Å². The van der Waals surface area contributed by atoms with E-state index in [1.54, 1.807) is 35.9 Å². The minimum atomic E-state index is 0.0910. The number of carbonyl (C=O) groups excluding carboxylic acids is 1. The average molecular weight is 529 g/mol. The number of halogens is 2. The number of thiophene rings is 1. The second-order valence-electron chi connectivity index (χ2n) is 9.84. The molecule has 1 amide bonds. The normalized spacial score (nSPS) is 22.2. The highest BCUT2D eigenvalue weighted by molar-refractivity contribution is 7.19. The van der Waals surface area contributed by atoms with Crippen LogP contribution in [-0.2, 0) is 17.8 Å². The van der Waals surface area contributed by atoms with Crippen LogP contribution in [0.15, 0.2) is 36.7 Å². The van der Waals surface area contributed by atoms with Crippen molar-refractivity contribution < 1.29 is 4.79 Å². The Balaban J connectivity index is 1.15. The summed E-state index contributed by atoms with van der Waals surface area (Å²) in [4.78, 5) is 28.5. The fraction of sp³-hybridized carbons (Fsp3) is 0.423. The zero-order valence-electron chi connectivity index (χ0n) is 19.3. The molecule has 2 aromatic heterocycles. The predicted octanol–water partition coefficient (Wildman–Crippen LogP) is 5.91.